The molecular formula is C25H34N2O. The Morgan fingerprint density at radius 3 is 2.14 bits per heavy atom. The molecule has 1 amide bonds. The van der Waals surface area contributed by atoms with Crippen LogP contribution in [0, 0.1) is 0 Å². The molecule has 1 fully saturated rings. The summed E-state index contributed by atoms with van der Waals surface area (Å²) in [6.07, 6.45) is 3.96. The van der Waals surface area contributed by atoms with Crippen LogP contribution in [0.15, 0.2) is 48.5 Å². The van der Waals surface area contributed by atoms with Gasteiger partial charge < -0.3 is 5.32 Å². The van der Waals surface area contributed by atoms with E-state index >= 15 is 0 Å². The summed E-state index contributed by atoms with van der Waals surface area (Å²) in [5, 5.41) is 3.12. The van der Waals surface area contributed by atoms with Crippen LogP contribution < -0.4 is 5.32 Å². The normalized spacial score (nSPS) is 16.6. The summed E-state index contributed by atoms with van der Waals surface area (Å²) in [4.78, 5) is 15.1. The monoisotopic (exact) mass is 378 g/mol. The average Bonchev–Trinajstić information content (AvgIpc) is 2.68. The Hall–Kier alpha value is -2.13. The Balaban J connectivity index is 1.57. The van der Waals surface area contributed by atoms with Crippen molar-refractivity contribution in [1.29, 1.82) is 0 Å². The van der Waals surface area contributed by atoms with Gasteiger partial charge in [-0.25, -0.2) is 0 Å². The lowest BCUT2D eigenvalue weighted by Gasteiger charge is -2.26. The Bertz CT molecular complexity index is 766. The number of amides is 1. The van der Waals surface area contributed by atoms with Gasteiger partial charge in [-0.3, -0.25) is 9.69 Å². The number of carbonyl (C=O) groups excluding carboxylic acids is 1. The number of nitrogens with one attached hydrogen (secondary N) is 1. The fraction of sp³-hybridized carbons (Fsp3) is 0.480. The van der Waals surface area contributed by atoms with E-state index in [0.29, 0.717) is 0 Å². The molecule has 0 unspecified atom stereocenters. The standard InChI is InChI=1S/C25H34N2O/c1-19(21-12-14-23(15-13-21)25(2,3)4)26-24(28)22-10-8-20(9-11-22)18-27-16-6-5-7-17-27/h8-15,19H,5-7,16-18H2,1-4H3,(H,26,28)/t19-/m0/s1. The fourth-order valence-corrected chi connectivity index (χ4v) is 3.77. The summed E-state index contributed by atoms with van der Waals surface area (Å²) in [5.41, 5.74) is 4.58. The first-order valence-corrected chi connectivity index (χ1v) is 10.6. The van der Waals surface area contributed by atoms with E-state index < -0.39 is 0 Å². The van der Waals surface area contributed by atoms with E-state index in [0.717, 1.165) is 17.7 Å². The van der Waals surface area contributed by atoms with Crippen molar-refractivity contribution in [3.63, 3.8) is 0 Å². The molecule has 1 saturated heterocycles. The minimum atomic E-state index is -0.0189. The minimum absolute atomic E-state index is 0.0167. The van der Waals surface area contributed by atoms with E-state index in [2.05, 4.69) is 67.4 Å². The molecule has 2 aromatic carbocycles. The molecule has 1 atom stereocenters. The summed E-state index contributed by atoms with van der Waals surface area (Å²) in [7, 11) is 0. The molecule has 28 heavy (non-hydrogen) atoms. The van der Waals surface area contributed by atoms with Gasteiger partial charge in [0.25, 0.3) is 5.91 Å². The molecule has 1 aliphatic rings. The summed E-state index contributed by atoms with van der Waals surface area (Å²) < 4.78 is 0. The van der Waals surface area contributed by atoms with E-state index in [4.69, 9.17) is 0 Å². The summed E-state index contributed by atoms with van der Waals surface area (Å²) in [6.45, 7) is 12.0. The highest BCUT2D eigenvalue weighted by Crippen LogP contribution is 2.24. The molecule has 3 rings (SSSR count). The minimum Gasteiger partial charge on any atom is -0.346 e. The van der Waals surface area contributed by atoms with Gasteiger partial charge in [-0.1, -0.05) is 63.6 Å². The van der Waals surface area contributed by atoms with E-state index in [9.17, 15) is 4.79 Å². The van der Waals surface area contributed by atoms with Gasteiger partial charge in [0.15, 0.2) is 0 Å². The van der Waals surface area contributed by atoms with Crippen LogP contribution in [0.1, 0.15) is 80.0 Å². The van der Waals surface area contributed by atoms with Crippen LogP contribution >= 0.6 is 0 Å². The number of hydrogen-bond donors (Lipinski definition) is 1. The first-order valence-electron chi connectivity index (χ1n) is 10.6. The molecule has 3 nitrogen and oxygen atoms in total. The van der Waals surface area contributed by atoms with E-state index in [1.807, 2.05) is 19.1 Å². The van der Waals surface area contributed by atoms with E-state index in [1.54, 1.807) is 0 Å². The molecule has 0 saturated carbocycles. The number of likely N-dealkylation sites (tertiary alicyclic amines) is 1. The number of hydrogen-bond acceptors (Lipinski definition) is 2. The number of nitrogens with zero attached hydrogens (tertiary/aromatic N) is 1. The summed E-state index contributed by atoms with van der Waals surface area (Å²) in [5.74, 6) is -0.0167. The lowest BCUT2D eigenvalue weighted by molar-refractivity contribution is 0.0940. The Labute approximate surface area is 170 Å². The molecule has 0 radical (unpaired) electrons. The van der Waals surface area contributed by atoms with Crippen molar-refractivity contribution < 1.29 is 4.79 Å². The molecule has 0 aromatic heterocycles. The smallest absolute Gasteiger partial charge is 0.251 e. The topological polar surface area (TPSA) is 32.3 Å². The SMILES string of the molecule is C[C@H](NC(=O)c1ccc(CN2CCCCC2)cc1)c1ccc(C(C)(C)C)cc1. The van der Waals surface area contributed by atoms with Crippen molar-refractivity contribution in [3.05, 3.63) is 70.8 Å². The van der Waals surface area contributed by atoms with Crippen LogP contribution in [0.3, 0.4) is 0 Å². The Morgan fingerprint density at radius 1 is 0.964 bits per heavy atom. The van der Waals surface area contributed by atoms with Crippen LogP contribution in [-0.2, 0) is 12.0 Å². The van der Waals surface area contributed by atoms with Crippen LogP contribution in [0.4, 0.5) is 0 Å². The summed E-state index contributed by atoms with van der Waals surface area (Å²) >= 11 is 0. The van der Waals surface area contributed by atoms with Gasteiger partial charge in [0.05, 0.1) is 6.04 Å². The van der Waals surface area contributed by atoms with Gasteiger partial charge in [-0.2, -0.15) is 0 Å². The Morgan fingerprint density at radius 2 is 1.57 bits per heavy atom. The largest absolute Gasteiger partial charge is 0.346 e. The molecule has 2 aromatic rings. The third-order valence-corrected chi connectivity index (χ3v) is 5.70. The number of rotatable bonds is 5. The van der Waals surface area contributed by atoms with E-state index in [-0.39, 0.29) is 17.4 Å². The highest BCUT2D eigenvalue weighted by molar-refractivity contribution is 5.94. The van der Waals surface area contributed by atoms with Gasteiger partial charge in [0, 0.05) is 12.1 Å². The van der Waals surface area contributed by atoms with Crippen molar-refractivity contribution in [3.8, 4) is 0 Å². The van der Waals surface area contributed by atoms with Crippen molar-refractivity contribution >= 4 is 5.91 Å². The summed E-state index contributed by atoms with van der Waals surface area (Å²) in [6, 6.07) is 16.6. The first kappa shape index (κ1) is 20.6. The lowest BCUT2D eigenvalue weighted by Crippen LogP contribution is -2.29. The maximum atomic E-state index is 12.6. The van der Waals surface area contributed by atoms with Crippen LogP contribution in [-0.4, -0.2) is 23.9 Å². The molecular weight excluding hydrogens is 344 g/mol. The highest BCUT2D eigenvalue weighted by Gasteiger charge is 2.16. The predicted octanol–water partition coefficient (Wildman–Crippen LogP) is 5.46. The van der Waals surface area contributed by atoms with Crippen molar-refractivity contribution in [1.82, 2.24) is 10.2 Å². The third-order valence-electron chi connectivity index (χ3n) is 5.70. The molecule has 1 N–H and O–H groups in total. The molecule has 1 heterocycles. The van der Waals surface area contributed by atoms with Gasteiger partial charge in [-0.05, 0) is 67.1 Å². The van der Waals surface area contributed by atoms with Gasteiger partial charge in [0.1, 0.15) is 0 Å². The van der Waals surface area contributed by atoms with Crippen molar-refractivity contribution in [2.75, 3.05) is 13.1 Å². The second-order valence-electron chi connectivity index (χ2n) is 9.10. The van der Waals surface area contributed by atoms with Crippen LogP contribution in [0.2, 0.25) is 0 Å². The molecule has 0 aliphatic carbocycles. The maximum Gasteiger partial charge on any atom is 0.251 e. The fourth-order valence-electron chi connectivity index (χ4n) is 3.77. The zero-order valence-electron chi connectivity index (χ0n) is 17.8. The second kappa shape index (κ2) is 8.91. The molecule has 0 spiro atoms. The molecule has 150 valence electrons. The van der Waals surface area contributed by atoms with Crippen molar-refractivity contribution in [2.24, 2.45) is 0 Å². The third kappa shape index (κ3) is 5.45. The average molecular weight is 379 g/mol. The quantitative estimate of drug-likeness (QED) is 0.749. The molecule has 3 heteroatoms. The number of benzene rings is 2. The molecule has 1 aliphatic heterocycles. The number of carbonyl (C=O) groups is 1. The lowest BCUT2D eigenvalue weighted by atomic mass is 9.86. The molecule has 0 bridgehead atoms. The Kier molecular flexibility index (Phi) is 6.56. The van der Waals surface area contributed by atoms with Gasteiger partial charge >= 0.3 is 0 Å². The van der Waals surface area contributed by atoms with Crippen molar-refractivity contribution in [2.45, 2.75) is 65.0 Å². The zero-order chi connectivity index (χ0) is 20.1. The first-order chi connectivity index (χ1) is 13.3. The maximum absolute atomic E-state index is 12.6. The predicted molar refractivity (Wildman–Crippen MR) is 117 cm³/mol. The van der Waals surface area contributed by atoms with Crippen LogP contribution in [0.5, 0.6) is 0 Å². The van der Waals surface area contributed by atoms with Crippen LogP contribution in [0.25, 0.3) is 0 Å². The second-order valence-corrected chi connectivity index (χ2v) is 9.10. The van der Waals surface area contributed by atoms with E-state index in [1.165, 1.54) is 43.5 Å². The van der Waals surface area contributed by atoms with Gasteiger partial charge in [0.2, 0.25) is 0 Å². The van der Waals surface area contributed by atoms with Gasteiger partial charge in [-0.15, -0.1) is 0 Å². The highest BCUT2D eigenvalue weighted by atomic mass is 16.1. The zero-order valence-corrected chi connectivity index (χ0v) is 17.8. The number of piperidine rings is 1.